The van der Waals surface area contributed by atoms with Crippen molar-refractivity contribution in [1.82, 2.24) is 4.98 Å². The van der Waals surface area contributed by atoms with E-state index in [-0.39, 0.29) is 5.78 Å². The Kier molecular flexibility index (Phi) is 2.78. The van der Waals surface area contributed by atoms with Crippen LogP contribution in [0.5, 0.6) is 0 Å². The number of carbonyl (C=O) groups excluding carboxylic acids is 1. The predicted octanol–water partition coefficient (Wildman–Crippen LogP) is 2.81. The molecule has 0 saturated heterocycles. The van der Waals surface area contributed by atoms with Crippen molar-refractivity contribution in [1.29, 1.82) is 0 Å². The smallest absolute Gasteiger partial charge is 0.179 e. The molecule has 0 unspecified atom stereocenters. The largest absolute Gasteiger partial charge is 0.293 e. The van der Waals surface area contributed by atoms with Gasteiger partial charge in [-0.15, -0.1) is 0 Å². The fourth-order valence-corrected chi connectivity index (χ4v) is 1.47. The molecule has 1 heterocycles. The molecule has 0 atom stereocenters. The van der Waals surface area contributed by atoms with Crippen molar-refractivity contribution in [2.24, 2.45) is 0 Å². The first-order valence-corrected chi connectivity index (χ1v) is 4.53. The summed E-state index contributed by atoms with van der Waals surface area (Å²) in [5, 5.41) is 0. The Bertz CT molecular complexity index is 298. The van der Waals surface area contributed by atoms with Gasteiger partial charge in [0.1, 0.15) is 10.3 Å². The highest BCUT2D eigenvalue weighted by molar-refractivity contribution is 9.11. The van der Waals surface area contributed by atoms with E-state index in [9.17, 15) is 4.79 Å². The maximum Gasteiger partial charge on any atom is 0.179 e. The topological polar surface area (TPSA) is 30.0 Å². The second-order valence-corrected chi connectivity index (χ2v) is 3.69. The Morgan fingerprint density at radius 3 is 2.55 bits per heavy atom. The number of Topliss-reactive ketones (excluding diaryl/α,β-unsaturated/α-hetero) is 1. The fourth-order valence-electron chi connectivity index (χ4n) is 0.665. The molecule has 0 amide bonds. The quantitative estimate of drug-likeness (QED) is 0.584. The number of hydrogen-bond donors (Lipinski definition) is 0. The summed E-state index contributed by atoms with van der Waals surface area (Å²) in [6.45, 7) is 1.49. The van der Waals surface area contributed by atoms with Crippen LogP contribution in [0.3, 0.4) is 0 Å². The standard InChI is InChI=1S/C7H5Br2NO/c1-4(11)7-5(8)2-3-6(9)10-7/h2-3H,1H3. The highest BCUT2D eigenvalue weighted by Gasteiger charge is 2.06. The summed E-state index contributed by atoms with van der Waals surface area (Å²) in [6, 6.07) is 3.56. The van der Waals surface area contributed by atoms with Gasteiger partial charge in [-0.25, -0.2) is 4.98 Å². The van der Waals surface area contributed by atoms with E-state index >= 15 is 0 Å². The highest BCUT2D eigenvalue weighted by Crippen LogP contribution is 2.17. The zero-order valence-electron chi connectivity index (χ0n) is 5.77. The van der Waals surface area contributed by atoms with E-state index in [2.05, 4.69) is 36.8 Å². The molecule has 0 aliphatic rings. The number of nitrogens with zero attached hydrogens (tertiary/aromatic N) is 1. The van der Waals surface area contributed by atoms with Crippen molar-refractivity contribution in [2.45, 2.75) is 6.92 Å². The summed E-state index contributed by atoms with van der Waals surface area (Å²) in [4.78, 5) is 14.9. The Labute approximate surface area is 81.3 Å². The van der Waals surface area contributed by atoms with Crippen LogP contribution in [0.1, 0.15) is 17.4 Å². The molecule has 58 valence electrons. The molecular weight excluding hydrogens is 274 g/mol. The maximum atomic E-state index is 10.9. The predicted molar refractivity (Wildman–Crippen MR) is 49.6 cm³/mol. The molecule has 1 rings (SSSR count). The van der Waals surface area contributed by atoms with Crippen molar-refractivity contribution in [2.75, 3.05) is 0 Å². The van der Waals surface area contributed by atoms with Crippen LogP contribution in [0.15, 0.2) is 21.2 Å². The molecule has 11 heavy (non-hydrogen) atoms. The molecule has 0 N–H and O–H groups in total. The van der Waals surface area contributed by atoms with E-state index in [0.717, 1.165) is 4.47 Å². The van der Waals surface area contributed by atoms with E-state index < -0.39 is 0 Å². The van der Waals surface area contributed by atoms with Gasteiger partial charge in [-0.2, -0.15) is 0 Å². The van der Waals surface area contributed by atoms with Gasteiger partial charge in [0.15, 0.2) is 5.78 Å². The first kappa shape index (κ1) is 8.87. The van der Waals surface area contributed by atoms with Crippen LogP contribution in [-0.4, -0.2) is 10.8 Å². The molecule has 0 radical (unpaired) electrons. The second-order valence-electron chi connectivity index (χ2n) is 2.02. The van der Waals surface area contributed by atoms with Crippen molar-refractivity contribution < 1.29 is 4.79 Å². The first-order valence-electron chi connectivity index (χ1n) is 2.94. The lowest BCUT2D eigenvalue weighted by atomic mass is 10.3. The summed E-state index contributed by atoms with van der Waals surface area (Å²) in [5.41, 5.74) is 0.458. The van der Waals surface area contributed by atoms with Crippen molar-refractivity contribution in [3.63, 3.8) is 0 Å². The Hall–Kier alpha value is -0.220. The zero-order valence-corrected chi connectivity index (χ0v) is 8.94. The summed E-state index contributed by atoms with van der Waals surface area (Å²) < 4.78 is 1.40. The molecule has 0 saturated carbocycles. The Morgan fingerprint density at radius 2 is 2.09 bits per heavy atom. The number of aromatic nitrogens is 1. The van der Waals surface area contributed by atoms with E-state index in [1.54, 1.807) is 12.1 Å². The third-order valence-electron chi connectivity index (χ3n) is 1.15. The lowest BCUT2D eigenvalue weighted by molar-refractivity contribution is 0.101. The molecule has 4 heteroatoms. The monoisotopic (exact) mass is 277 g/mol. The van der Waals surface area contributed by atoms with Crippen molar-refractivity contribution >= 4 is 37.6 Å². The summed E-state index contributed by atoms with van der Waals surface area (Å²) in [7, 11) is 0. The minimum atomic E-state index is -0.0434. The van der Waals surface area contributed by atoms with Crippen LogP contribution in [0.4, 0.5) is 0 Å². The van der Waals surface area contributed by atoms with Gasteiger partial charge in [-0.3, -0.25) is 4.79 Å². The third-order valence-corrected chi connectivity index (χ3v) is 2.23. The Balaban J connectivity index is 3.23. The highest BCUT2D eigenvalue weighted by atomic mass is 79.9. The van der Waals surface area contributed by atoms with Gasteiger partial charge in [0.25, 0.3) is 0 Å². The molecular formula is C7H5Br2NO. The van der Waals surface area contributed by atoms with E-state index in [1.807, 2.05) is 0 Å². The first-order chi connectivity index (χ1) is 5.11. The van der Waals surface area contributed by atoms with E-state index in [1.165, 1.54) is 6.92 Å². The van der Waals surface area contributed by atoms with E-state index in [4.69, 9.17) is 0 Å². The maximum absolute atomic E-state index is 10.9. The normalized spacial score (nSPS) is 9.73. The number of hydrogen-bond acceptors (Lipinski definition) is 2. The van der Waals surface area contributed by atoms with Crippen LogP contribution in [0.2, 0.25) is 0 Å². The summed E-state index contributed by atoms with van der Waals surface area (Å²) >= 11 is 6.41. The van der Waals surface area contributed by atoms with Crippen LogP contribution in [-0.2, 0) is 0 Å². The number of halogens is 2. The van der Waals surface area contributed by atoms with Gasteiger partial charge >= 0.3 is 0 Å². The zero-order chi connectivity index (χ0) is 8.43. The molecule has 0 aliphatic carbocycles. The SMILES string of the molecule is CC(=O)c1nc(Br)ccc1Br. The molecule has 0 aromatic carbocycles. The fraction of sp³-hybridized carbons (Fsp3) is 0.143. The van der Waals surface area contributed by atoms with Gasteiger partial charge in [-0.05, 0) is 44.0 Å². The molecule has 1 aromatic rings. The third kappa shape index (κ3) is 2.10. The number of rotatable bonds is 1. The van der Waals surface area contributed by atoms with Gasteiger partial charge in [-0.1, -0.05) is 0 Å². The van der Waals surface area contributed by atoms with Crippen LogP contribution in [0, 0.1) is 0 Å². The number of carbonyl (C=O) groups is 1. The van der Waals surface area contributed by atoms with Crippen molar-refractivity contribution in [3.05, 3.63) is 26.9 Å². The Morgan fingerprint density at radius 1 is 1.45 bits per heavy atom. The number of ketones is 1. The van der Waals surface area contributed by atoms with Crippen LogP contribution >= 0.6 is 31.9 Å². The van der Waals surface area contributed by atoms with Gasteiger partial charge < -0.3 is 0 Å². The van der Waals surface area contributed by atoms with E-state index in [0.29, 0.717) is 10.3 Å². The van der Waals surface area contributed by atoms with Gasteiger partial charge in [0, 0.05) is 11.4 Å². The molecule has 2 nitrogen and oxygen atoms in total. The lowest BCUT2D eigenvalue weighted by Gasteiger charge is -1.97. The van der Waals surface area contributed by atoms with Gasteiger partial charge in [0.05, 0.1) is 0 Å². The molecule has 0 spiro atoms. The average Bonchev–Trinajstić information content (AvgIpc) is 1.94. The molecule has 1 aromatic heterocycles. The second kappa shape index (κ2) is 3.45. The van der Waals surface area contributed by atoms with Crippen LogP contribution < -0.4 is 0 Å². The number of pyridine rings is 1. The van der Waals surface area contributed by atoms with Crippen molar-refractivity contribution in [3.8, 4) is 0 Å². The van der Waals surface area contributed by atoms with Gasteiger partial charge in [0.2, 0.25) is 0 Å². The lowest BCUT2D eigenvalue weighted by Crippen LogP contribution is -1.97. The van der Waals surface area contributed by atoms with Crippen LogP contribution in [0.25, 0.3) is 0 Å². The minimum Gasteiger partial charge on any atom is -0.293 e. The minimum absolute atomic E-state index is 0.0434. The molecule has 0 bridgehead atoms. The summed E-state index contributed by atoms with van der Waals surface area (Å²) in [6.07, 6.45) is 0. The summed E-state index contributed by atoms with van der Waals surface area (Å²) in [5.74, 6) is -0.0434. The molecule has 0 aliphatic heterocycles. The average molecular weight is 279 g/mol. The molecule has 0 fully saturated rings.